The largest absolute Gasteiger partial charge is 0.382 e. The summed E-state index contributed by atoms with van der Waals surface area (Å²) in [5, 5.41) is 2.91. The lowest BCUT2D eigenvalue weighted by molar-refractivity contribution is -0.117. The maximum atomic E-state index is 12.4. The third kappa shape index (κ3) is 5.62. The SMILES string of the molecule is CC(=O)CCC(C)NC(=O)c1ccc(N(C)Cc2cnc3nc(N)nc(N)c3n2)cc1. The first-order chi connectivity index (χ1) is 14.7. The topological polar surface area (TPSA) is 153 Å². The fourth-order valence-corrected chi connectivity index (χ4v) is 3.06. The lowest BCUT2D eigenvalue weighted by Crippen LogP contribution is -2.32. The molecule has 0 saturated carbocycles. The van der Waals surface area contributed by atoms with Crippen molar-refractivity contribution in [2.75, 3.05) is 23.4 Å². The number of carbonyl (C=O) groups excluding carboxylic acids is 2. The van der Waals surface area contributed by atoms with Crippen LogP contribution in [-0.4, -0.2) is 44.7 Å². The van der Waals surface area contributed by atoms with Crippen molar-refractivity contribution in [2.45, 2.75) is 39.3 Å². The highest BCUT2D eigenvalue weighted by atomic mass is 16.1. The van der Waals surface area contributed by atoms with Gasteiger partial charge in [-0.3, -0.25) is 4.79 Å². The molecule has 1 unspecified atom stereocenters. The second kappa shape index (κ2) is 9.33. The maximum absolute atomic E-state index is 12.4. The molecule has 0 aliphatic rings. The van der Waals surface area contributed by atoms with Crippen LogP contribution < -0.4 is 21.7 Å². The maximum Gasteiger partial charge on any atom is 0.251 e. The fraction of sp³-hybridized carbons (Fsp3) is 0.333. The molecule has 31 heavy (non-hydrogen) atoms. The normalized spacial score (nSPS) is 11.8. The summed E-state index contributed by atoms with van der Waals surface area (Å²) >= 11 is 0. The predicted molar refractivity (Wildman–Crippen MR) is 119 cm³/mol. The van der Waals surface area contributed by atoms with Gasteiger partial charge in [0.25, 0.3) is 5.91 Å². The molecule has 1 atom stereocenters. The Morgan fingerprint density at radius 2 is 1.84 bits per heavy atom. The van der Waals surface area contributed by atoms with E-state index in [1.807, 2.05) is 31.0 Å². The van der Waals surface area contributed by atoms with Crippen molar-refractivity contribution >= 4 is 40.3 Å². The van der Waals surface area contributed by atoms with Crippen molar-refractivity contribution in [2.24, 2.45) is 0 Å². The number of aromatic nitrogens is 4. The number of nitrogen functional groups attached to an aromatic ring is 2. The number of nitrogens with zero attached hydrogens (tertiary/aromatic N) is 5. The Kier molecular flexibility index (Phi) is 6.58. The Bertz CT molecular complexity index is 1100. The van der Waals surface area contributed by atoms with E-state index in [9.17, 15) is 9.59 Å². The van der Waals surface area contributed by atoms with E-state index in [1.54, 1.807) is 25.3 Å². The minimum atomic E-state index is -0.166. The summed E-state index contributed by atoms with van der Waals surface area (Å²) in [6.45, 7) is 3.91. The van der Waals surface area contributed by atoms with Gasteiger partial charge in [0, 0.05) is 30.8 Å². The Hall–Kier alpha value is -3.82. The molecule has 1 aromatic carbocycles. The Morgan fingerprint density at radius 3 is 2.52 bits per heavy atom. The summed E-state index contributed by atoms with van der Waals surface area (Å²) in [5.41, 5.74) is 14.4. The second-order valence-corrected chi connectivity index (χ2v) is 7.52. The highest BCUT2D eigenvalue weighted by molar-refractivity contribution is 5.94. The molecule has 1 amide bonds. The van der Waals surface area contributed by atoms with Crippen molar-refractivity contribution in [3.63, 3.8) is 0 Å². The van der Waals surface area contributed by atoms with E-state index >= 15 is 0 Å². The highest BCUT2D eigenvalue weighted by Crippen LogP contribution is 2.18. The Morgan fingerprint density at radius 1 is 1.13 bits per heavy atom. The summed E-state index contributed by atoms with van der Waals surface area (Å²) in [4.78, 5) is 42.2. The molecule has 2 aromatic heterocycles. The molecule has 0 radical (unpaired) electrons. The number of anilines is 3. The van der Waals surface area contributed by atoms with Gasteiger partial charge in [0.05, 0.1) is 18.4 Å². The number of benzene rings is 1. The molecule has 10 heteroatoms. The van der Waals surface area contributed by atoms with E-state index in [0.717, 1.165) is 5.69 Å². The highest BCUT2D eigenvalue weighted by Gasteiger charge is 2.12. The van der Waals surface area contributed by atoms with Crippen LogP contribution in [0.5, 0.6) is 0 Å². The molecule has 162 valence electrons. The number of ketones is 1. The standard InChI is InChI=1S/C21H26N8O2/c1-12(4-5-13(2)30)25-20(31)14-6-8-16(9-7-14)29(3)11-15-10-24-19-17(26-15)18(22)27-21(23)28-19/h6-10,12H,4-5,11H2,1-3H3,(H,25,31)(H4,22,23,24,27,28). The van der Waals surface area contributed by atoms with Gasteiger partial charge in [0.2, 0.25) is 5.95 Å². The number of rotatable bonds is 8. The summed E-state index contributed by atoms with van der Waals surface area (Å²) in [7, 11) is 1.91. The average molecular weight is 422 g/mol. The van der Waals surface area contributed by atoms with Gasteiger partial charge < -0.3 is 26.5 Å². The van der Waals surface area contributed by atoms with Gasteiger partial charge in [-0.25, -0.2) is 9.97 Å². The first-order valence-corrected chi connectivity index (χ1v) is 9.89. The van der Waals surface area contributed by atoms with Crippen LogP contribution in [-0.2, 0) is 11.3 Å². The van der Waals surface area contributed by atoms with Crippen LogP contribution in [0.1, 0.15) is 42.7 Å². The van der Waals surface area contributed by atoms with Crippen LogP contribution in [0.15, 0.2) is 30.5 Å². The van der Waals surface area contributed by atoms with E-state index in [1.165, 1.54) is 0 Å². The number of Topliss-reactive ketones (excluding diaryl/α,β-unsaturated/α-hetero) is 1. The molecular weight excluding hydrogens is 396 g/mol. The molecule has 0 fully saturated rings. The first-order valence-electron chi connectivity index (χ1n) is 9.89. The number of nitrogens with two attached hydrogens (primary N) is 2. The van der Waals surface area contributed by atoms with E-state index < -0.39 is 0 Å². The number of carbonyl (C=O) groups is 2. The third-order valence-corrected chi connectivity index (χ3v) is 4.78. The van der Waals surface area contributed by atoms with Crippen molar-refractivity contribution < 1.29 is 9.59 Å². The summed E-state index contributed by atoms with van der Waals surface area (Å²) < 4.78 is 0. The number of amides is 1. The monoisotopic (exact) mass is 422 g/mol. The quantitative estimate of drug-likeness (QED) is 0.492. The molecule has 3 aromatic rings. The van der Waals surface area contributed by atoms with E-state index in [4.69, 9.17) is 11.5 Å². The number of nitrogens with one attached hydrogen (secondary N) is 1. The Labute approximate surface area is 180 Å². The van der Waals surface area contributed by atoms with Crippen molar-refractivity contribution in [1.82, 2.24) is 25.3 Å². The van der Waals surface area contributed by atoms with Gasteiger partial charge >= 0.3 is 0 Å². The lowest BCUT2D eigenvalue weighted by Gasteiger charge is -2.19. The fourth-order valence-electron chi connectivity index (χ4n) is 3.06. The zero-order chi connectivity index (χ0) is 22.5. The molecule has 0 bridgehead atoms. The van der Waals surface area contributed by atoms with Crippen molar-refractivity contribution in [3.05, 3.63) is 41.7 Å². The molecular formula is C21H26N8O2. The second-order valence-electron chi connectivity index (χ2n) is 7.52. The molecule has 5 N–H and O–H groups in total. The zero-order valence-electron chi connectivity index (χ0n) is 17.8. The molecule has 0 spiro atoms. The van der Waals surface area contributed by atoms with Crippen LogP contribution >= 0.6 is 0 Å². The van der Waals surface area contributed by atoms with Crippen LogP contribution in [0.4, 0.5) is 17.5 Å². The van der Waals surface area contributed by atoms with E-state index in [0.29, 0.717) is 41.8 Å². The van der Waals surface area contributed by atoms with Crippen LogP contribution in [0.25, 0.3) is 11.2 Å². The zero-order valence-corrected chi connectivity index (χ0v) is 17.8. The smallest absolute Gasteiger partial charge is 0.251 e. The van der Waals surface area contributed by atoms with Crippen molar-refractivity contribution in [3.8, 4) is 0 Å². The summed E-state index contributed by atoms with van der Waals surface area (Å²) in [6.07, 6.45) is 2.69. The minimum Gasteiger partial charge on any atom is -0.382 e. The molecule has 0 saturated heterocycles. The molecule has 0 aliphatic carbocycles. The lowest BCUT2D eigenvalue weighted by atomic mass is 10.1. The Balaban J connectivity index is 1.65. The minimum absolute atomic E-state index is 0.0570. The summed E-state index contributed by atoms with van der Waals surface area (Å²) in [5.74, 6) is 0.193. The molecule has 10 nitrogen and oxygen atoms in total. The first kappa shape index (κ1) is 21.9. The van der Waals surface area contributed by atoms with Crippen LogP contribution in [0, 0.1) is 0 Å². The average Bonchev–Trinajstić information content (AvgIpc) is 2.72. The van der Waals surface area contributed by atoms with Gasteiger partial charge in [-0.1, -0.05) is 0 Å². The van der Waals surface area contributed by atoms with Gasteiger partial charge in [0.1, 0.15) is 5.78 Å². The van der Waals surface area contributed by atoms with Crippen molar-refractivity contribution in [1.29, 1.82) is 0 Å². The summed E-state index contributed by atoms with van der Waals surface area (Å²) in [6, 6.07) is 7.18. The van der Waals surface area contributed by atoms with Crippen LogP contribution in [0.2, 0.25) is 0 Å². The van der Waals surface area contributed by atoms with Gasteiger partial charge in [-0.15, -0.1) is 0 Å². The third-order valence-electron chi connectivity index (χ3n) is 4.78. The van der Waals surface area contributed by atoms with Crippen LogP contribution in [0.3, 0.4) is 0 Å². The van der Waals surface area contributed by atoms with E-state index in [2.05, 4.69) is 25.3 Å². The number of hydrogen-bond donors (Lipinski definition) is 3. The number of fused-ring (bicyclic) bond motifs is 1. The van der Waals surface area contributed by atoms with Gasteiger partial charge in [-0.05, 0) is 44.5 Å². The number of hydrogen-bond acceptors (Lipinski definition) is 9. The molecule has 3 rings (SSSR count). The van der Waals surface area contributed by atoms with E-state index in [-0.39, 0.29) is 29.5 Å². The molecule has 0 aliphatic heterocycles. The molecule has 2 heterocycles. The predicted octanol–water partition coefficient (Wildman–Crippen LogP) is 1.71. The van der Waals surface area contributed by atoms with Gasteiger partial charge in [-0.2, -0.15) is 9.97 Å². The van der Waals surface area contributed by atoms with Gasteiger partial charge in [0.15, 0.2) is 17.0 Å².